The number of hydrogen-bond acceptors (Lipinski definition) is 5. The van der Waals surface area contributed by atoms with E-state index in [1.54, 1.807) is 37.4 Å². The molecule has 1 aromatic carbocycles. The molecule has 152 valence electrons. The number of nitrogen functional groups attached to an aromatic ring is 1. The van der Waals surface area contributed by atoms with Gasteiger partial charge in [-0.1, -0.05) is 38.3 Å². The van der Waals surface area contributed by atoms with Crippen LogP contribution in [-0.4, -0.2) is 24.6 Å². The molecule has 28 heavy (non-hydrogen) atoms. The molecule has 0 saturated heterocycles. The highest BCUT2D eigenvalue weighted by atomic mass is 19.1. The van der Waals surface area contributed by atoms with Gasteiger partial charge in [0.1, 0.15) is 5.82 Å². The fourth-order valence-corrected chi connectivity index (χ4v) is 2.72. The average molecular weight is 389 g/mol. The lowest BCUT2D eigenvalue weighted by molar-refractivity contribution is 0.0951. The van der Waals surface area contributed by atoms with Crippen LogP contribution in [0.5, 0.6) is 5.75 Å². The third-order valence-electron chi connectivity index (χ3n) is 4.26. The molecule has 6 nitrogen and oxygen atoms in total. The summed E-state index contributed by atoms with van der Waals surface area (Å²) < 4.78 is 25.1. The number of anilines is 1. The van der Waals surface area contributed by atoms with E-state index in [1.165, 1.54) is 0 Å². The van der Waals surface area contributed by atoms with E-state index in [9.17, 15) is 9.18 Å². The van der Waals surface area contributed by atoms with Crippen molar-refractivity contribution in [3.8, 4) is 5.75 Å². The molecule has 0 atom stereocenters. The summed E-state index contributed by atoms with van der Waals surface area (Å²) >= 11 is 0. The molecule has 1 amide bonds. The number of amides is 1. The number of benzene rings is 1. The third-order valence-corrected chi connectivity index (χ3v) is 4.26. The fraction of sp³-hybridized carbons (Fsp3) is 0.429. The molecule has 0 aliphatic rings. The van der Waals surface area contributed by atoms with E-state index in [0.29, 0.717) is 24.5 Å². The number of carbonyl (C=O) groups is 1. The molecule has 0 bridgehead atoms. The lowest BCUT2D eigenvalue weighted by atomic mass is 10.1. The summed E-state index contributed by atoms with van der Waals surface area (Å²) in [6, 6.07) is 8.17. The normalized spacial score (nSPS) is 10.7. The number of pyridine rings is 1. The van der Waals surface area contributed by atoms with Crippen molar-refractivity contribution in [2.24, 2.45) is 0 Å². The fourth-order valence-electron chi connectivity index (χ4n) is 2.72. The molecule has 1 aromatic heterocycles. The Bertz CT molecular complexity index is 783. The van der Waals surface area contributed by atoms with E-state index < -0.39 is 11.7 Å². The molecule has 0 unspecified atom stereocenters. The van der Waals surface area contributed by atoms with Crippen molar-refractivity contribution in [1.29, 1.82) is 0 Å². The highest BCUT2D eigenvalue weighted by molar-refractivity contribution is 5.98. The zero-order valence-electron chi connectivity index (χ0n) is 16.5. The van der Waals surface area contributed by atoms with Crippen LogP contribution < -0.4 is 15.8 Å². The molecular formula is C21H28FN3O3. The Labute approximate surface area is 165 Å². The smallest absolute Gasteiger partial charge is 0.255 e. The molecule has 0 radical (unpaired) electrons. The van der Waals surface area contributed by atoms with Gasteiger partial charge in [-0.2, -0.15) is 0 Å². The Morgan fingerprint density at radius 3 is 2.75 bits per heavy atom. The second kappa shape index (κ2) is 11.2. The SMILES string of the molecule is CCCCCCOc1cccc(CNC(=O)c2ccc(COC)nc2N)c1F. The third kappa shape index (κ3) is 6.20. The number of nitrogens with zero attached hydrogens (tertiary/aromatic N) is 1. The zero-order valence-corrected chi connectivity index (χ0v) is 16.5. The number of nitrogens with two attached hydrogens (primary N) is 1. The molecule has 1 heterocycles. The van der Waals surface area contributed by atoms with E-state index in [2.05, 4.69) is 17.2 Å². The molecule has 3 N–H and O–H groups in total. The minimum absolute atomic E-state index is 0.0248. The van der Waals surface area contributed by atoms with Crippen LogP contribution in [0.1, 0.15) is 54.2 Å². The summed E-state index contributed by atoms with van der Waals surface area (Å²) in [7, 11) is 1.55. The van der Waals surface area contributed by atoms with Gasteiger partial charge in [-0.3, -0.25) is 4.79 Å². The molecule has 0 aliphatic heterocycles. The Morgan fingerprint density at radius 1 is 1.21 bits per heavy atom. The number of rotatable bonds is 11. The van der Waals surface area contributed by atoms with Crippen molar-refractivity contribution >= 4 is 11.7 Å². The minimum Gasteiger partial charge on any atom is -0.491 e. The van der Waals surface area contributed by atoms with E-state index >= 15 is 0 Å². The van der Waals surface area contributed by atoms with Gasteiger partial charge in [0.05, 0.1) is 24.5 Å². The number of ether oxygens (including phenoxy) is 2. The van der Waals surface area contributed by atoms with Crippen molar-refractivity contribution < 1.29 is 18.7 Å². The van der Waals surface area contributed by atoms with Gasteiger partial charge >= 0.3 is 0 Å². The van der Waals surface area contributed by atoms with E-state index in [1.807, 2.05) is 0 Å². The lowest BCUT2D eigenvalue weighted by Gasteiger charge is -2.12. The van der Waals surface area contributed by atoms with Crippen molar-refractivity contribution in [1.82, 2.24) is 10.3 Å². The van der Waals surface area contributed by atoms with Gasteiger partial charge in [0.25, 0.3) is 5.91 Å². The number of halogens is 1. The molecule has 0 aliphatic carbocycles. The Hall–Kier alpha value is -2.67. The van der Waals surface area contributed by atoms with Crippen LogP contribution in [0.2, 0.25) is 0 Å². The maximum atomic E-state index is 14.6. The zero-order chi connectivity index (χ0) is 20.4. The van der Waals surface area contributed by atoms with Gasteiger partial charge in [0.15, 0.2) is 11.6 Å². The van der Waals surface area contributed by atoms with Crippen molar-refractivity contribution in [3.63, 3.8) is 0 Å². The van der Waals surface area contributed by atoms with Crippen LogP contribution in [0.15, 0.2) is 30.3 Å². The van der Waals surface area contributed by atoms with Crippen LogP contribution >= 0.6 is 0 Å². The van der Waals surface area contributed by atoms with Crippen molar-refractivity contribution in [2.45, 2.75) is 45.8 Å². The largest absolute Gasteiger partial charge is 0.491 e. The summed E-state index contributed by atoms with van der Waals surface area (Å²) in [4.78, 5) is 16.5. The molecule has 0 saturated carbocycles. The van der Waals surface area contributed by atoms with E-state index in [-0.39, 0.29) is 23.7 Å². The van der Waals surface area contributed by atoms with Gasteiger partial charge < -0.3 is 20.5 Å². The van der Waals surface area contributed by atoms with Gasteiger partial charge in [0, 0.05) is 19.2 Å². The number of nitrogens with one attached hydrogen (secondary N) is 1. The van der Waals surface area contributed by atoms with Crippen LogP contribution in [-0.2, 0) is 17.9 Å². The molecule has 2 rings (SSSR count). The standard InChI is InChI=1S/C21H28FN3O3/c1-3-4-5-6-12-28-18-9-7-8-15(19(18)22)13-24-21(26)17-11-10-16(14-27-2)25-20(17)23/h7-11H,3-6,12-14H2,1-2H3,(H2,23,25)(H,24,26). The predicted molar refractivity (Wildman–Crippen MR) is 107 cm³/mol. The van der Waals surface area contributed by atoms with Gasteiger partial charge in [-0.15, -0.1) is 0 Å². The van der Waals surface area contributed by atoms with Crippen LogP contribution in [0.25, 0.3) is 0 Å². The summed E-state index contributed by atoms with van der Waals surface area (Å²) in [5, 5.41) is 2.67. The first-order valence-electron chi connectivity index (χ1n) is 9.49. The maximum absolute atomic E-state index is 14.6. The number of hydrogen-bond donors (Lipinski definition) is 2. The first-order chi connectivity index (χ1) is 13.6. The van der Waals surface area contributed by atoms with Crippen molar-refractivity contribution in [2.75, 3.05) is 19.5 Å². The lowest BCUT2D eigenvalue weighted by Crippen LogP contribution is -2.25. The molecular weight excluding hydrogens is 361 g/mol. The maximum Gasteiger partial charge on any atom is 0.255 e. The highest BCUT2D eigenvalue weighted by Crippen LogP contribution is 2.21. The molecule has 7 heteroatoms. The Morgan fingerprint density at radius 2 is 2.04 bits per heavy atom. The number of aromatic nitrogens is 1. The van der Waals surface area contributed by atoms with Crippen molar-refractivity contribution in [3.05, 3.63) is 53.0 Å². The van der Waals surface area contributed by atoms with Crippen LogP contribution in [0, 0.1) is 5.82 Å². The monoisotopic (exact) mass is 389 g/mol. The minimum atomic E-state index is -0.458. The molecule has 0 spiro atoms. The second-order valence-electron chi connectivity index (χ2n) is 6.49. The summed E-state index contributed by atoms with van der Waals surface area (Å²) in [6.07, 6.45) is 4.23. The predicted octanol–water partition coefficient (Wildman–Crippen LogP) is 3.84. The summed E-state index contributed by atoms with van der Waals surface area (Å²) in [5.74, 6) is -0.566. The Kier molecular flexibility index (Phi) is 8.68. The first-order valence-corrected chi connectivity index (χ1v) is 9.49. The van der Waals surface area contributed by atoms with Gasteiger partial charge in [0.2, 0.25) is 0 Å². The topological polar surface area (TPSA) is 86.5 Å². The summed E-state index contributed by atoms with van der Waals surface area (Å²) in [6.45, 7) is 2.94. The number of methoxy groups -OCH3 is 1. The molecule has 0 fully saturated rings. The van der Waals surface area contributed by atoms with Gasteiger partial charge in [-0.05, 0) is 24.6 Å². The highest BCUT2D eigenvalue weighted by Gasteiger charge is 2.14. The summed E-state index contributed by atoms with van der Waals surface area (Å²) in [5.41, 5.74) is 7.06. The second-order valence-corrected chi connectivity index (χ2v) is 6.49. The van der Waals surface area contributed by atoms with E-state index in [0.717, 1.165) is 25.7 Å². The van der Waals surface area contributed by atoms with Gasteiger partial charge in [-0.25, -0.2) is 9.37 Å². The van der Waals surface area contributed by atoms with Crippen LogP contribution in [0.4, 0.5) is 10.2 Å². The Balaban J connectivity index is 1.95. The number of carbonyl (C=O) groups excluding carboxylic acids is 1. The average Bonchev–Trinajstić information content (AvgIpc) is 2.68. The molecule has 2 aromatic rings. The quantitative estimate of drug-likeness (QED) is 0.570. The van der Waals surface area contributed by atoms with Crippen LogP contribution in [0.3, 0.4) is 0 Å². The van der Waals surface area contributed by atoms with E-state index in [4.69, 9.17) is 15.2 Å². The first kappa shape index (κ1) is 21.6. The number of unbranched alkanes of at least 4 members (excludes halogenated alkanes) is 3.